The number of carbonyl (C=O) groups excluding carboxylic acids is 1. The lowest BCUT2D eigenvalue weighted by Gasteiger charge is -2.28. The molecule has 0 aromatic heterocycles. The van der Waals surface area contributed by atoms with Crippen LogP contribution in [-0.4, -0.2) is 35.0 Å². The Morgan fingerprint density at radius 1 is 1.00 bits per heavy atom. The molecule has 5 heteroatoms. The summed E-state index contributed by atoms with van der Waals surface area (Å²) >= 11 is 0. The van der Waals surface area contributed by atoms with Gasteiger partial charge in [0.2, 0.25) is 0 Å². The Balaban J connectivity index is 2.02. The Morgan fingerprint density at radius 2 is 1.50 bits per heavy atom. The quantitative estimate of drug-likeness (QED) is 0.651. The summed E-state index contributed by atoms with van der Waals surface area (Å²) in [7, 11) is 0. The highest BCUT2D eigenvalue weighted by atomic mass is 16.6. The van der Waals surface area contributed by atoms with E-state index in [1.165, 1.54) is 0 Å². The number of amides is 1. The first-order chi connectivity index (χ1) is 13.2. The second-order valence-corrected chi connectivity index (χ2v) is 8.20. The van der Waals surface area contributed by atoms with Crippen LogP contribution in [0.1, 0.15) is 38.3 Å². The third kappa shape index (κ3) is 8.11. The lowest BCUT2D eigenvalue weighted by atomic mass is 9.94. The van der Waals surface area contributed by atoms with Gasteiger partial charge in [-0.25, -0.2) is 4.79 Å². The first kappa shape index (κ1) is 21.9. The number of benzene rings is 2. The van der Waals surface area contributed by atoms with Crippen molar-refractivity contribution in [3.8, 4) is 0 Å². The van der Waals surface area contributed by atoms with E-state index in [4.69, 9.17) is 10.5 Å². The number of alkyl carbamates (subject to hydrolysis) is 1. The molecule has 1 amide bonds. The number of hydrogen-bond acceptors (Lipinski definition) is 4. The molecular weight excluding hydrogens is 352 g/mol. The van der Waals surface area contributed by atoms with Crippen LogP contribution in [0.15, 0.2) is 60.7 Å². The smallest absolute Gasteiger partial charge is 0.407 e. The van der Waals surface area contributed by atoms with E-state index in [1.807, 2.05) is 81.4 Å². The van der Waals surface area contributed by atoms with Gasteiger partial charge in [-0.3, -0.25) is 0 Å². The lowest BCUT2D eigenvalue weighted by molar-refractivity contribution is 0.0405. The average Bonchev–Trinajstić information content (AvgIpc) is 2.61. The molecule has 2 rings (SSSR count). The zero-order chi connectivity index (χ0) is 20.6. The second-order valence-electron chi connectivity index (χ2n) is 8.20. The van der Waals surface area contributed by atoms with E-state index in [-0.39, 0.29) is 6.04 Å². The van der Waals surface area contributed by atoms with Crippen molar-refractivity contribution in [2.24, 2.45) is 5.73 Å². The molecular formula is C23H32N2O3. The summed E-state index contributed by atoms with van der Waals surface area (Å²) in [5.74, 6) is 0. The molecule has 0 bridgehead atoms. The zero-order valence-electron chi connectivity index (χ0n) is 17.0. The van der Waals surface area contributed by atoms with Crippen molar-refractivity contribution in [1.29, 1.82) is 0 Å². The minimum atomic E-state index is -0.786. The van der Waals surface area contributed by atoms with Crippen LogP contribution >= 0.6 is 0 Å². The predicted molar refractivity (Wildman–Crippen MR) is 112 cm³/mol. The number of nitrogens with two attached hydrogens (primary N) is 1. The molecule has 0 radical (unpaired) electrons. The van der Waals surface area contributed by atoms with Gasteiger partial charge in [-0.15, -0.1) is 0 Å². The van der Waals surface area contributed by atoms with Gasteiger partial charge in [0.05, 0.1) is 12.1 Å². The Hall–Kier alpha value is -2.37. The van der Waals surface area contributed by atoms with Gasteiger partial charge in [-0.05, 0) is 51.2 Å². The van der Waals surface area contributed by atoms with Crippen molar-refractivity contribution in [2.75, 3.05) is 0 Å². The van der Waals surface area contributed by atoms with E-state index in [2.05, 4.69) is 5.32 Å². The van der Waals surface area contributed by atoms with E-state index in [0.717, 1.165) is 11.1 Å². The molecule has 3 atom stereocenters. The fraction of sp³-hybridized carbons (Fsp3) is 0.435. The topological polar surface area (TPSA) is 84.6 Å². The van der Waals surface area contributed by atoms with E-state index < -0.39 is 23.8 Å². The molecule has 0 fully saturated rings. The number of carbonyl (C=O) groups is 1. The number of nitrogens with one attached hydrogen (secondary N) is 1. The molecule has 2 aromatic rings. The van der Waals surface area contributed by atoms with Crippen molar-refractivity contribution >= 4 is 6.09 Å². The normalized spacial score (nSPS) is 14.8. The first-order valence-corrected chi connectivity index (χ1v) is 9.74. The largest absolute Gasteiger partial charge is 0.444 e. The molecule has 2 aromatic carbocycles. The number of rotatable bonds is 8. The van der Waals surface area contributed by atoms with Gasteiger partial charge in [0.1, 0.15) is 5.60 Å². The highest BCUT2D eigenvalue weighted by Crippen LogP contribution is 2.14. The van der Waals surface area contributed by atoms with Crippen LogP contribution in [0.3, 0.4) is 0 Å². The summed E-state index contributed by atoms with van der Waals surface area (Å²) < 4.78 is 5.36. The number of aliphatic hydroxyl groups is 1. The molecule has 0 heterocycles. The maximum atomic E-state index is 12.3. The van der Waals surface area contributed by atoms with Crippen molar-refractivity contribution in [1.82, 2.24) is 5.32 Å². The van der Waals surface area contributed by atoms with E-state index >= 15 is 0 Å². The van der Waals surface area contributed by atoms with Crippen LogP contribution in [-0.2, 0) is 17.6 Å². The number of hydrogen-bond donors (Lipinski definition) is 3. The fourth-order valence-electron chi connectivity index (χ4n) is 3.08. The Bertz CT molecular complexity index is 714. The van der Waals surface area contributed by atoms with Gasteiger partial charge in [-0.1, -0.05) is 60.7 Å². The highest BCUT2D eigenvalue weighted by Gasteiger charge is 2.26. The molecule has 2 unspecified atom stereocenters. The second kappa shape index (κ2) is 10.2. The lowest BCUT2D eigenvalue weighted by Crippen LogP contribution is -2.48. The molecule has 0 spiro atoms. The van der Waals surface area contributed by atoms with Crippen LogP contribution in [0.4, 0.5) is 4.79 Å². The van der Waals surface area contributed by atoms with Crippen LogP contribution in [0.2, 0.25) is 0 Å². The van der Waals surface area contributed by atoms with Gasteiger partial charge < -0.3 is 20.9 Å². The van der Waals surface area contributed by atoms with Crippen molar-refractivity contribution in [3.63, 3.8) is 0 Å². The SMILES string of the molecule is CC(C)(C)OC(=O)N[C@@H](Cc1ccccc1)C(O)CC(N)Cc1ccccc1. The first-order valence-electron chi connectivity index (χ1n) is 9.74. The van der Waals surface area contributed by atoms with Gasteiger partial charge in [0, 0.05) is 6.04 Å². The van der Waals surface area contributed by atoms with Gasteiger partial charge >= 0.3 is 6.09 Å². The Morgan fingerprint density at radius 3 is 2.00 bits per heavy atom. The Labute approximate surface area is 167 Å². The molecule has 0 aliphatic rings. The molecule has 5 nitrogen and oxygen atoms in total. The molecule has 4 N–H and O–H groups in total. The van der Waals surface area contributed by atoms with Gasteiger partial charge in [-0.2, -0.15) is 0 Å². The molecule has 28 heavy (non-hydrogen) atoms. The summed E-state index contributed by atoms with van der Waals surface area (Å²) in [6, 6.07) is 19.0. The summed E-state index contributed by atoms with van der Waals surface area (Å²) in [6.45, 7) is 5.43. The third-order valence-electron chi connectivity index (χ3n) is 4.35. The maximum Gasteiger partial charge on any atom is 0.407 e. The predicted octanol–water partition coefficient (Wildman–Crippen LogP) is 3.44. The minimum absolute atomic E-state index is 0.212. The van der Waals surface area contributed by atoms with Crippen molar-refractivity contribution < 1.29 is 14.6 Å². The van der Waals surface area contributed by atoms with E-state index in [0.29, 0.717) is 19.3 Å². The number of ether oxygens (including phenoxy) is 1. The zero-order valence-corrected chi connectivity index (χ0v) is 17.0. The summed E-state index contributed by atoms with van der Waals surface area (Å²) in [4.78, 5) is 12.3. The van der Waals surface area contributed by atoms with Crippen LogP contribution in [0.25, 0.3) is 0 Å². The highest BCUT2D eigenvalue weighted by molar-refractivity contribution is 5.68. The van der Waals surface area contributed by atoms with Crippen molar-refractivity contribution in [2.45, 2.75) is 63.8 Å². The van der Waals surface area contributed by atoms with E-state index in [9.17, 15) is 9.90 Å². The average molecular weight is 385 g/mol. The molecule has 0 aliphatic carbocycles. The fourth-order valence-corrected chi connectivity index (χ4v) is 3.08. The monoisotopic (exact) mass is 384 g/mol. The number of aliphatic hydroxyl groups excluding tert-OH is 1. The summed E-state index contributed by atoms with van der Waals surface area (Å²) in [5.41, 5.74) is 7.82. The molecule has 0 saturated carbocycles. The summed E-state index contributed by atoms with van der Waals surface area (Å²) in [6.07, 6.45) is 0.222. The Kier molecular flexibility index (Phi) is 8.03. The molecule has 0 saturated heterocycles. The third-order valence-corrected chi connectivity index (χ3v) is 4.35. The van der Waals surface area contributed by atoms with Crippen LogP contribution < -0.4 is 11.1 Å². The van der Waals surface area contributed by atoms with Crippen LogP contribution in [0, 0.1) is 0 Å². The van der Waals surface area contributed by atoms with E-state index in [1.54, 1.807) is 0 Å². The van der Waals surface area contributed by atoms with Gasteiger partial charge in [0.25, 0.3) is 0 Å². The maximum absolute atomic E-state index is 12.3. The minimum Gasteiger partial charge on any atom is -0.444 e. The standard InChI is InChI=1S/C23H32N2O3/c1-23(2,3)28-22(27)25-20(15-18-12-8-5-9-13-18)21(26)16-19(24)14-17-10-6-4-7-11-17/h4-13,19-21,26H,14-16,24H2,1-3H3,(H,25,27)/t19?,20-,21?/m0/s1. The molecule has 0 aliphatic heterocycles. The molecule has 152 valence electrons. The summed E-state index contributed by atoms with van der Waals surface area (Å²) in [5, 5.41) is 13.6. The van der Waals surface area contributed by atoms with Gasteiger partial charge in [0.15, 0.2) is 0 Å². The van der Waals surface area contributed by atoms with Crippen LogP contribution in [0.5, 0.6) is 0 Å². The van der Waals surface area contributed by atoms with Crippen molar-refractivity contribution in [3.05, 3.63) is 71.8 Å².